The summed E-state index contributed by atoms with van der Waals surface area (Å²) in [6.45, 7) is 7.91. The zero-order valence-electron chi connectivity index (χ0n) is 27.9. The maximum absolute atomic E-state index is 15.2. The van der Waals surface area contributed by atoms with Gasteiger partial charge in [0.15, 0.2) is 0 Å². The van der Waals surface area contributed by atoms with Crippen LogP contribution >= 0.6 is 0 Å². The molecule has 2 atom stereocenters. The first-order valence-electron chi connectivity index (χ1n) is 16.3. The van der Waals surface area contributed by atoms with Crippen LogP contribution in [-0.2, 0) is 16.1 Å². The highest BCUT2D eigenvalue weighted by Crippen LogP contribution is 2.67. The molecule has 0 bridgehead atoms. The zero-order chi connectivity index (χ0) is 32.8. The summed E-state index contributed by atoms with van der Waals surface area (Å²) < 4.78 is 15.2. The van der Waals surface area contributed by atoms with Gasteiger partial charge in [-0.3, -0.25) is 9.59 Å². The Morgan fingerprint density at radius 2 is 1.63 bits per heavy atom. The molecule has 46 heavy (non-hydrogen) atoms. The number of aromatic amines is 1. The molecule has 1 aliphatic carbocycles. The van der Waals surface area contributed by atoms with Crippen molar-refractivity contribution in [1.82, 2.24) is 14.8 Å². The van der Waals surface area contributed by atoms with Crippen LogP contribution in [0.3, 0.4) is 0 Å². The third kappa shape index (κ3) is 5.79. The van der Waals surface area contributed by atoms with Crippen molar-refractivity contribution in [2.24, 2.45) is 11.3 Å². The summed E-state index contributed by atoms with van der Waals surface area (Å²) in [6, 6.07) is 22.6. The highest BCUT2D eigenvalue weighted by Gasteiger charge is 2.60. The Morgan fingerprint density at radius 3 is 2.30 bits per heavy atom. The average molecular weight is 624 g/mol. The number of piperidine rings is 1. The normalized spacial score (nSPS) is 20.3. The van der Waals surface area contributed by atoms with E-state index >= 15 is 4.39 Å². The van der Waals surface area contributed by atoms with Gasteiger partial charge >= 0.3 is 0 Å². The van der Waals surface area contributed by atoms with E-state index in [0.29, 0.717) is 37.2 Å². The maximum atomic E-state index is 15.2. The highest BCUT2D eigenvalue weighted by molar-refractivity contribution is 6.01. The molecule has 1 saturated heterocycles. The molecule has 6 rings (SSSR count). The Bertz CT molecular complexity index is 1740. The van der Waals surface area contributed by atoms with E-state index in [1.54, 1.807) is 23.1 Å². The van der Waals surface area contributed by atoms with Crippen LogP contribution in [0.1, 0.15) is 55.8 Å². The Labute approximate surface area is 271 Å². The van der Waals surface area contributed by atoms with E-state index in [-0.39, 0.29) is 47.8 Å². The van der Waals surface area contributed by atoms with Crippen molar-refractivity contribution in [1.29, 1.82) is 0 Å². The number of amides is 2. The number of rotatable bonds is 9. The highest BCUT2D eigenvalue weighted by atomic mass is 19.1. The predicted molar refractivity (Wildman–Crippen MR) is 183 cm³/mol. The third-order valence-corrected chi connectivity index (χ3v) is 10.7. The van der Waals surface area contributed by atoms with Crippen molar-refractivity contribution >= 4 is 34.1 Å². The number of likely N-dealkylation sites (tertiary alicyclic amines) is 1. The van der Waals surface area contributed by atoms with E-state index in [1.165, 1.54) is 17.0 Å². The lowest BCUT2D eigenvalue weighted by Crippen LogP contribution is -2.63. The number of benzene rings is 3. The smallest absolute Gasteiger partial charge is 0.250 e. The van der Waals surface area contributed by atoms with Crippen LogP contribution in [0.25, 0.3) is 10.9 Å². The van der Waals surface area contributed by atoms with Gasteiger partial charge in [-0.05, 0) is 86.0 Å². The molecule has 0 unspecified atom stereocenters. The van der Waals surface area contributed by atoms with Gasteiger partial charge in [0.25, 0.3) is 0 Å². The number of H-pyrrole nitrogens is 1. The van der Waals surface area contributed by atoms with Crippen LogP contribution in [0.5, 0.6) is 0 Å². The fourth-order valence-electron chi connectivity index (χ4n) is 7.67. The van der Waals surface area contributed by atoms with Gasteiger partial charge in [0.2, 0.25) is 11.8 Å². The number of halogens is 1. The number of para-hydroxylation sites is 1. The van der Waals surface area contributed by atoms with Crippen molar-refractivity contribution in [3.63, 3.8) is 0 Å². The number of fused-ring (bicyclic) bond motifs is 1. The number of nitrogens with zero attached hydrogens (tertiary/aromatic N) is 3. The number of nitrogens with one attached hydrogen (secondary N) is 2. The SMILES string of the molecule is Cc1[nH]c2ccccc2c1[C@H]1[C@@H](CC(=O)N(Cc2ccccc2F)C2(C(=O)Nc3ccc(N(C)C)cc3)CCN(C)CC2)C1(C)C. The van der Waals surface area contributed by atoms with Crippen molar-refractivity contribution < 1.29 is 14.0 Å². The van der Waals surface area contributed by atoms with E-state index in [2.05, 4.69) is 54.2 Å². The van der Waals surface area contributed by atoms with Crippen molar-refractivity contribution in [3.05, 3.63) is 95.4 Å². The van der Waals surface area contributed by atoms with Crippen LogP contribution in [0, 0.1) is 24.1 Å². The van der Waals surface area contributed by atoms with E-state index < -0.39 is 5.54 Å². The first-order chi connectivity index (χ1) is 21.9. The minimum atomic E-state index is -1.13. The molecule has 3 aromatic carbocycles. The number of aromatic nitrogens is 1. The second-order valence-corrected chi connectivity index (χ2v) is 14.1. The molecule has 0 radical (unpaired) electrons. The van der Waals surface area contributed by atoms with Crippen LogP contribution < -0.4 is 10.2 Å². The molecule has 1 aromatic heterocycles. The van der Waals surface area contributed by atoms with Gasteiger partial charge in [-0.1, -0.05) is 50.2 Å². The quantitative estimate of drug-likeness (QED) is 0.212. The molecule has 2 aliphatic rings. The van der Waals surface area contributed by atoms with Gasteiger partial charge < -0.3 is 25.0 Å². The van der Waals surface area contributed by atoms with Gasteiger partial charge in [0, 0.05) is 73.7 Å². The lowest BCUT2D eigenvalue weighted by Gasteiger charge is -2.47. The molecule has 7 nitrogen and oxygen atoms in total. The van der Waals surface area contributed by atoms with Crippen molar-refractivity contribution in [2.45, 2.75) is 58.0 Å². The van der Waals surface area contributed by atoms with Gasteiger partial charge in [-0.2, -0.15) is 0 Å². The molecular weight excluding hydrogens is 577 g/mol. The number of aryl methyl sites for hydroxylation is 1. The number of hydrogen-bond acceptors (Lipinski definition) is 4. The predicted octanol–water partition coefficient (Wildman–Crippen LogP) is 6.94. The second kappa shape index (κ2) is 12.2. The second-order valence-electron chi connectivity index (χ2n) is 14.1. The Hall–Kier alpha value is -4.17. The van der Waals surface area contributed by atoms with E-state index in [4.69, 9.17) is 0 Å². The zero-order valence-corrected chi connectivity index (χ0v) is 27.9. The third-order valence-electron chi connectivity index (χ3n) is 10.7. The summed E-state index contributed by atoms with van der Waals surface area (Å²) in [5.74, 6) is -0.417. The van der Waals surface area contributed by atoms with Crippen molar-refractivity contribution in [2.75, 3.05) is 44.4 Å². The maximum Gasteiger partial charge on any atom is 0.250 e. The van der Waals surface area contributed by atoms with E-state index in [0.717, 1.165) is 16.9 Å². The molecule has 8 heteroatoms. The Balaban J connectivity index is 1.35. The van der Waals surface area contributed by atoms with Crippen LogP contribution in [0.2, 0.25) is 0 Å². The van der Waals surface area contributed by atoms with Gasteiger partial charge in [0.05, 0.1) is 0 Å². The molecule has 0 spiro atoms. The largest absolute Gasteiger partial charge is 0.378 e. The summed E-state index contributed by atoms with van der Waals surface area (Å²) in [6.07, 6.45) is 1.21. The standard InChI is InChI=1S/C38H46FN5O2/c1-25-34(29-12-8-10-14-32(29)40-25)35-30(37(35,2)3)23-33(45)44(24-26-11-7-9-13-31(26)39)38(19-21-43(6)22-20-38)36(46)41-27-15-17-28(18-16-27)42(4)5/h7-18,30,35,40H,19-24H2,1-6H3,(H,41,46)/t30-,35-/m1/s1. The van der Waals surface area contributed by atoms with Crippen LogP contribution in [0.15, 0.2) is 72.8 Å². The number of anilines is 2. The Morgan fingerprint density at radius 1 is 0.978 bits per heavy atom. The molecule has 4 aromatic rings. The van der Waals surface area contributed by atoms with E-state index in [9.17, 15) is 9.59 Å². The lowest BCUT2D eigenvalue weighted by atomic mass is 9.83. The molecular formula is C38H46FN5O2. The first-order valence-corrected chi connectivity index (χ1v) is 16.3. The van der Waals surface area contributed by atoms with Gasteiger partial charge in [0.1, 0.15) is 11.4 Å². The molecule has 2 fully saturated rings. The molecule has 1 saturated carbocycles. The Kier molecular flexibility index (Phi) is 8.44. The van der Waals surface area contributed by atoms with Gasteiger partial charge in [-0.15, -0.1) is 0 Å². The fraction of sp³-hybridized carbons (Fsp3) is 0.421. The summed E-state index contributed by atoms with van der Waals surface area (Å²) in [5.41, 5.74) is 4.38. The number of carbonyl (C=O) groups excluding carboxylic acids is 2. The van der Waals surface area contributed by atoms with Crippen LogP contribution in [-0.4, -0.2) is 66.4 Å². The summed E-state index contributed by atoms with van der Waals surface area (Å²) in [5, 5.41) is 4.34. The summed E-state index contributed by atoms with van der Waals surface area (Å²) in [4.78, 5) is 38.6. The molecule has 242 valence electrons. The summed E-state index contributed by atoms with van der Waals surface area (Å²) >= 11 is 0. The molecule has 1 aliphatic heterocycles. The van der Waals surface area contributed by atoms with Crippen LogP contribution in [0.4, 0.5) is 15.8 Å². The minimum Gasteiger partial charge on any atom is -0.378 e. The topological polar surface area (TPSA) is 71.7 Å². The molecule has 2 N–H and O–H groups in total. The first kappa shape index (κ1) is 31.8. The average Bonchev–Trinajstić information content (AvgIpc) is 3.37. The fourth-order valence-corrected chi connectivity index (χ4v) is 7.67. The molecule has 2 heterocycles. The molecule has 2 amide bonds. The lowest BCUT2D eigenvalue weighted by molar-refractivity contribution is -0.150. The summed E-state index contributed by atoms with van der Waals surface area (Å²) in [7, 11) is 5.98. The number of hydrogen-bond donors (Lipinski definition) is 2. The van der Waals surface area contributed by atoms with Gasteiger partial charge in [-0.25, -0.2) is 4.39 Å². The van der Waals surface area contributed by atoms with Crippen molar-refractivity contribution in [3.8, 4) is 0 Å². The van der Waals surface area contributed by atoms with E-state index in [1.807, 2.05) is 56.4 Å². The minimum absolute atomic E-state index is 0.0339. The monoisotopic (exact) mass is 623 g/mol. The number of carbonyl (C=O) groups is 2.